The summed E-state index contributed by atoms with van der Waals surface area (Å²) < 4.78 is 110. The van der Waals surface area contributed by atoms with Crippen LogP contribution in [-0.4, -0.2) is 128 Å². The van der Waals surface area contributed by atoms with Gasteiger partial charge in [-0.1, -0.05) is 6.07 Å². The van der Waals surface area contributed by atoms with Gasteiger partial charge < -0.3 is 29.4 Å². The molecular formula is C25H30F9N5O8. The zero-order valence-corrected chi connectivity index (χ0v) is 24.3. The van der Waals surface area contributed by atoms with Gasteiger partial charge in [0, 0.05) is 64.9 Å². The molecular weight excluding hydrogens is 669 g/mol. The normalized spacial score (nSPS) is 19.1. The number of rotatable bonds is 4. The number of carboxylic acid groups (broad SMARTS) is 3. The molecule has 4 rings (SSSR count). The molecule has 1 atom stereocenters. The van der Waals surface area contributed by atoms with Crippen molar-refractivity contribution >= 4 is 17.9 Å². The molecule has 0 radical (unpaired) electrons. The number of carbonyl (C=O) groups is 3. The number of hydrogen-bond donors (Lipinski definition) is 3. The van der Waals surface area contributed by atoms with Crippen molar-refractivity contribution in [2.45, 2.75) is 37.2 Å². The molecule has 2 aromatic rings. The highest BCUT2D eigenvalue weighted by molar-refractivity contribution is 5.73. The van der Waals surface area contributed by atoms with Crippen molar-refractivity contribution < 1.29 is 78.7 Å². The number of aliphatic carboxylic acids is 3. The van der Waals surface area contributed by atoms with Crippen molar-refractivity contribution in [1.29, 1.82) is 0 Å². The average Bonchev–Trinajstić information content (AvgIpc) is 3.25. The van der Waals surface area contributed by atoms with Crippen LogP contribution in [0.1, 0.15) is 11.3 Å². The Bertz CT molecular complexity index is 1220. The smallest absolute Gasteiger partial charge is 0.475 e. The van der Waals surface area contributed by atoms with E-state index < -0.39 is 36.4 Å². The van der Waals surface area contributed by atoms with E-state index >= 15 is 0 Å². The van der Waals surface area contributed by atoms with Gasteiger partial charge >= 0.3 is 36.4 Å². The summed E-state index contributed by atoms with van der Waals surface area (Å²) in [5, 5.41) is 21.4. The van der Waals surface area contributed by atoms with Crippen LogP contribution >= 0.6 is 0 Å². The molecule has 0 aliphatic carbocycles. The van der Waals surface area contributed by atoms with Gasteiger partial charge in [-0.2, -0.15) is 39.5 Å². The minimum absolute atomic E-state index is 0.268. The molecule has 2 saturated heterocycles. The molecule has 0 saturated carbocycles. The second-order valence-electron chi connectivity index (χ2n) is 9.77. The average molecular weight is 700 g/mol. The first-order valence-corrected chi connectivity index (χ1v) is 13.0. The van der Waals surface area contributed by atoms with Crippen LogP contribution in [-0.2, 0) is 44.0 Å². The third-order valence-corrected chi connectivity index (χ3v) is 5.91. The van der Waals surface area contributed by atoms with E-state index in [1.807, 2.05) is 38.0 Å². The zero-order chi connectivity index (χ0) is 36.1. The summed E-state index contributed by atoms with van der Waals surface area (Å²) in [7, 11) is 2.04. The number of hydrogen-bond acceptors (Lipinski definition) is 9. The van der Waals surface area contributed by atoms with Gasteiger partial charge in [-0.3, -0.25) is 14.8 Å². The van der Waals surface area contributed by atoms with Crippen LogP contribution in [0.2, 0.25) is 0 Å². The maximum absolute atomic E-state index is 10.6. The first-order chi connectivity index (χ1) is 21.6. The van der Waals surface area contributed by atoms with Gasteiger partial charge in [-0.15, -0.1) is 0 Å². The maximum Gasteiger partial charge on any atom is 0.490 e. The van der Waals surface area contributed by atoms with E-state index in [0.29, 0.717) is 6.61 Å². The number of morpholine rings is 1. The molecule has 47 heavy (non-hydrogen) atoms. The molecule has 2 aliphatic rings. The lowest BCUT2D eigenvalue weighted by Gasteiger charge is -2.43. The predicted molar refractivity (Wildman–Crippen MR) is 139 cm³/mol. The summed E-state index contributed by atoms with van der Waals surface area (Å²) in [4.78, 5) is 40.0. The zero-order valence-electron chi connectivity index (χ0n) is 24.3. The molecule has 1 spiro atoms. The number of nitrogens with zero attached hydrogens (tertiary/aromatic N) is 5. The van der Waals surface area contributed by atoms with Crippen LogP contribution in [0.15, 0.2) is 37.1 Å². The fourth-order valence-electron chi connectivity index (χ4n) is 3.88. The Morgan fingerprint density at radius 3 is 1.72 bits per heavy atom. The number of aryl methyl sites for hydroxylation is 1. The van der Waals surface area contributed by atoms with Crippen molar-refractivity contribution in [3.05, 3.63) is 48.3 Å². The van der Waals surface area contributed by atoms with Gasteiger partial charge in [0.1, 0.15) is 5.60 Å². The molecule has 2 fully saturated rings. The van der Waals surface area contributed by atoms with Crippen LogP contribution < -0.4 is 0 Å². The highest BCUT2D eigenvalue weighted by Crippen LogP contribution is 2.25. The highest BCUT2D eigenvalue weighted by Gasteiger charge is 2.41. The summed E-state index contributed by atoms with van der Waals surface area (Å²) in [6.45, 7) is 7.52. The third kappa shape index (κ3) is 15.9. The number of aromatic nitrogens is 3. The number of ether oxygens (including phenoxy) is 2. The lowest BCUT2D eigenvalue weighted by molar-refractivity contribution is -0.193. The van der Waals surface area contributed by atoms with Gasteiger partial charge in [-0.25, -0.2) is 19.4 Å². The molecule has 1 unspecified atom stereocenters. The fourth-order valence-corrected chi connectivity index (χ4v) is 3.88. The lowest BCUT2D eigenvalue weighted by atomic mass is 10.0. The predicted octanol–water partition coefficient (Wildman–Crippen LogP) is 2.82. The van der Waals surface area contributed by atoms with Gasteiger partial charge in [0.05, 0.1) is 31.8 Å². The number of carboxylic acids is 3. The van der Waals surface area contributed by atoms with Gasteiger partial charge in [0.2, 0.25) is 0 Å². The Morgan fingerprint density at radius 1 is 0.809 bits per heavy atom. The molecule has 266 valence electrons. The quantitative estimate of drug-likeness (QED) is 0.400. The molecule has 22 heteroatoms. The van der Waals surface area contributed by atoms with Gasteiger partial charge in [0.25, 0.3) is 0 Å². The standard InChI is InChI=1S/C19H27N5O2.3C2HF3O2/c1-22-16-21-10-18(22)12-24-6-8-26-19(14-24)13-23(5-7-25-15-19)11-17-3-2-4-20-9-17;3*3-2(4,5)1(6)7/h2-4,9-10,16H,5-8,11-15H2,1H3;3*(H,6,7). The van der Waals surface area contributed by atoms with E-state index in [4.69, 9.17) is 39.2 Å². The Balaban J connectivity index is 0.000000430. The molecule has 0 aromatic carbocycles. The molecule has 4 heterocycles. The molecule has 0 amide bonds. The molecule has 2 aliphatic heterocycles. The monoisotopic (exact) mass is 699 g/mol. The Labute approximate surface area is 260 Å². The van der Waals surface area contributed by atoms with Crippen molar-refractivity contribution in [3.8, 4) is 0 Å². The van der Waals surface area contributed by atoms with E-state index in [2.05, 4.69) is 30.4 Å². The van der Waals surface area contributed by atoms with Crippen molar-refractivity contribution in [2.75, 3.05) is 46.0 Å². The number of imidazole rings is 1. The summed E-state index contributed by atoms with van der Waals surface area (Å²) in [5.41, 5.74) is 2.19. The Kier molecular flexibility index (Phi) is 15.5. The third-order valence-electron chi connectivity index (χ3n) is 5.91. The first-order valence-electron chi connectivity index (χ1n) is 13.0. The number of alkyl halides is 9. The summed E-state index contributed by atoms with van der Waals surface area (Å²) in [6, 6.07) is 4.12. The molecule has 0 bridgehead atoms. The van der Waals surface area contributed by atoms with Crippen molar-refractivity contribution in [3.63, 3.8) is 0 Å². The van der Waals surface area contributed by atoms with Crippen LogP contribution in [0.5, 0.6) is 0 Å². The van der Waals surface area contributed by atoms with Crippen LogP contribution in [0.4, 0.5) is 39.5 Å². The number of pyridine rings is 1. The Morgan fingerprint density at radius 2 is 1.30 bits per heavy atom. The van der Waals surface area contributed by atoms with E-state index in [0.717, 1.165) is 52.5 Å². The maximum atomic E-state index is 10.6. The largest absolute Gasteiger partial charge is 0.490 e. The van der Waals surface area contributed by atoms with Gasteiger partial charge in [0.15, 0.2) is 0 Å². The SMILES string of the molecule is Cn1cncc1CN1CCOC2(COCCN(Cc3cccnc3)C2)C1.O=C(O)C(F)(F)F.O=C(O)C(F)(F)F.O=C(O)C(F)(F)F. The molecule has 2 aromatic heterocycles. The summed E-state index contributed by atoms with van der Waals surface area (Å²) in [5.74, 6) is -8.27. The highest BCUT2D eigenvalue weighted by atomic mass is 19.4. The minimum atomic E-state index is -5.08. The summed E-state index contributed by atoms with van der Waals surface area (Å²) in [6.07, 6.45) is -7.69. The van der Waals surface area contributed by atoms with Crippen molar-refractivity contribution in [2.24, 2.45) is 7.05 Å². The second-order valence-corrected chi connectivity index (χ2v) is 9.77. The fraction of sp³-hybridized carbons (Fsp3) is 0.560. The second kappa shape index (κ2) is 17.8. The molecule has 3 N–H and O–H groups in total. The van der Waals surface area contributed by atoms with Crippen LogP contribution in [0.25, 0.3) is 0 Å². The number of halogens is 9. The topological polar surface area (TPSA) is 168 Å². The molecule has 13 nitrogen and oxygen atoms in total. The first kappa shape index (κ1) is 41.0. The van der Waals surface area contributed by atoms with Crippen LogP contribution in [0, 0.1) is 0 Å². The Hall–Kier alpha value is -4.02. The summed E-state index contributed by atoms with van der Waals surface area (Å²) >= 11 is 0. The van der Waals surface area contributed by atoms with E-state index in [1.165, 1.54) is 11.3 Å². The van der Waals surface area contributed by atoms with E-state index in [9.17, 15) is 39.5 Å². The van der Waals surface area contributed by atoms with E-state index in [-0.39, 0.29) is 5.60 Å². The van der Waals surface area contributed by atoms with Crippen LogP contribution in [0.3, 0.4) is 0 Å². The minimum Gasteiger partial charge on any atom is -0.475 e. The van der Waals surface area contributed by atoms with E-state index in [1.54, 1.807) is 0 Å². The lowest BCUT2D eigenvalue weighted by Crippen LogP contribution is -2.58. The van der Waals surface area contributed by atoms with Crippen molar-refractivity contribution in [1.82, 2.24) is 24.3 Å². The van der Waals surface area contributed by atoms with Gasteiger partial charge in [-0.05, 0) is 11.6 Å².